The second-order valence-electron chi connectivity index (χ2n) is 10.4. The van der Waals surface area contributed by atoms with E-state index in [0.717, 1.165) is 5.56 Å². The van der Waals surface area contributed by atoms with Gasteiger partial charge >= 0.3 is 5.97 Å². The molecular weight excluding hydrogens is 563 g/mol. The number of para-hydroxylation sites is 1. The Labute approximate surface area is 238 Å². The summed E-state index contributed by atoms with van der Waals surface area (Å²) in [7, 11) is 1.49. The zero-order valence-corrected chi connectivity index (χ0v) is 22.6. The topological polar surface area (TPSA) is 90.0 Å². The summed E-state index contributed by atoms with van der Waals surface area (Å²) in [4.78, 5) is 43.5. The maximum absolute atomic E-state index is 15.0. The molecule has 3 aromatic rings. The van der Waals surface area contributed by atoms with Crippen molar-refractivity contribution >= 4 is 52.4 Å². The van der Waals surface area contributed by atoms with E-state index in [4.69, 9.17) is 23.2 Å². The fraction of sp³-hybridized carbons (Fsp3) is 0.276. The Morgan fingerprint density at radius 2 is 1.75 bits per heavy atom. The quantitative estimate of drug-likeness (QED) is 0.421. The first-order valence-corrected chi connectivity index (χ1v) is 13.3. The van der Waals surface area contributed by atoms with Gasteiger partial charge in [0.05, 0.1) is 28.9 Å². The highest BCUT2D eigenvalue weighted by atomic mass is 35.5. The van der Waals surface area contributed by atoms with Crippen molar-refractivity contribution in [3.8, 4) is 11.1 Å². The second-order valence-corrected chi connectivity index (χ2v) is 11.3. The van der Waals surface area contributed by atoms with E-state index in [1.807, 2.05) is 36.4 Å². The summed E-state index contributed by atoms with van der Waals surface area (Å²) in [6.07, 6.45) is -0.778. The summed E-state index contributed by atoms with van der Waals surface area (Å²) in [6, 6.07) is 17.9. The number of carbonyl (C=O) groups excluding carboxylic acids is 2. The Balaban J connectivity index is 1.52. The molecule has 0 unspecified atom stereocenters. The maximum atomic E-state index is 15.0. The van der Waals surface area contributed by atoms with Crippen LogP contribution in [0.3, 0.4) is 0 Å². The van der Waals surface area contributed by atoms with Gasteiger partial charge in [-0.15, -0.1) is 0 Å². The van der Waals surface area contributed by atoms with Crippen LogP contribution in [-0.4, -0.2) is 53.3 Å². The number of hydrogen-bond acceptors (Lipinski definition) is 4. The molecule has 1 spiro atoms. The number of anilines is 2. The van der Waals surface area contributed by atoms with Crippen molar-refractivity contribution in [1.82, 2.24) is 4.90 Å². The molecule has 4 atom stereocenters. The van der Waals surface area contributed by atoms with Crippen molar-refractivity contribution in [2.45, 2.75) is 23.9 Å². The molecule has 3 aliphatic rings. The van der Waals surface area contributed by atoms with Gasteiger partial charge in [-0.05, 0) is 23.8 Å². The van der Waals surface area contributed by atoms with Crippen molar-refractivity contribution in [3.05, 3.63) is 82.3 Å². The number of alkyl halides is 2. The van der Waals surface area contributed by atoms with Gasteiger partial charge in [0.2, 0.25) is 5.91 Å². The first-order valence-electron chi connectivity index (χ1n) is 12.6. The molecule has 2 saturated heterocycles. The summed E-state index contributed by atoms with van der Waals surface area (Å²) < 4.78 is 30.1. The van der Waals surface area contributed by atoms with E-state index < -0.39 is 60.1 Å². The highest BCUT2D eigenvalue weighted by Gasteiger charge is 2.74. The van der Waals surface area contributed by atoms with E-state index >= 15 is 8.78 Å². The van der Waals surface area contributed by atoms with Gasteiger partial charge < -0.3 is 15.3 Å². The molecule has 3 heterocycles. The number of nitrogens with zero attached hydrogens (tertiary/aromatic N) is 2. The predicted octanol–water partition coefficient (Wildman–Crippen LogP) is 5.51. The molecule has 206 valence electrons. The van der Waals surface area contributed by atoms with Crippen LogP contribution in [0.15, 0.2) is 66.7 Å². The van der Waals surface area contributed by atoms with Crippen molar-refractivity contribution in [2.75, 3.05) is 23.8 Å². The number of rotatable bonds is 4. The van der Waals surface area contributed by atoms with Crippen LogP contribution in [-0.2, 0) is 19.9 Å². The number of nitrogens with one attached hydrogen (secondary N) is 1. The smallest absolute Gasteiger partial charge is 0.310 e. The number of aliphatic carboxylic acids is 1. The van der Waals surface area contributed by atoms with E-state index in [-0.39, 0.29) is 21.3 Å². The largest absolute Gasteiger partial charge is 0.481 e. The molecule has 0 aliphatic carbocycles. The van der Waals surface area contributed by atoms with Crippen molar-refractivity contribution < 1.29 is 28.3 Å². The summed E-state index contributed by atoms with van der Waals surface area (Å²) in [6.45, 7) is -0.896. The summed E-state index contributed by atoms with van der Waals surface area (Å²) >= 11 is 12.6. The average molecular weight is 586 g/mol. The zero-order chi connectivity index (χ0) is 28.6. The molecule has 2 N–H and O–H groups in total. The zero-order valence-electron chi connectivity index (χ0n) is 21.1. The molecule has 0 saturated carbocycles. The summed E-state index contributed by atoms with van der Waals surface area (Å²) in [5.74, 6) is -9.40. The number of hydrogen-bond donors (Lipinski definition) is 2. The van der Waals surface area contributed by atoms with E-state index in [9.17, 15) is 19.5 Å². The van der Waals surface area contributed by atoms with Crippen LogP contribution in [0, 0.1) is 11.8 Å². The number of fused-ring (bicyclic) bond motifs is 4. The van der Waals surface area contributed by atoms with E-state index in [0.29, 0.717) is 11.3 Å². The second kappa shape index (κ2) is 9.26. The average Bonchev–Trinajstić information content (AvgIpc) is 3.49. The van der Waals surface area contributed by atoms with Gasteiger partial charge in [-0.25, -0.2) is 8.78 Å². The minimum atomic E-state index is -3.26. The molecule has 0 bridgehead atoms. The monoisotopic (exact) mass is 585 g/mol. The molecular formula is C29H23Cl2F2N3O4. The Morgan fingerprint density at radius 3 is 2.45 bits per heavy atom. The normalized spacial score (nSPS) is 26.4. The van der Waals surface area contributed by atoms with Gasteiger partial charge in [-0.2, -0.15) is 0 Å². The van der Waals surface area contributed by atoms with Gasteiger partial charge in [0.1, 0.15) is 11.5 Å². The maximum Gasteiger partial charge on any atom is 0.310 e. The van der Waals surface area contributed by atoms with Gasteiger partial charge in [0.15, 0.2) is 0 Å². The number of amides is 2. The van der Waals surface area contributed by atoms with Crippen LogP contribution in [0.25, 0.3) is 11.1 Å². The third kappa shape index (κ3) is 3.75. The molecule has 7 nitrogen and oxygen atoms in total. The Bertz CT molecular complexity index is 1570. The Kier molecular flexibility index (Phi) is 6.18. The third-order valence-corrected chi connectivity index (χ3v) is 8.79. The first-order chi connectivity index (χ1) is 19.0. The van der Waals surface area contributed by atoms with Crippen LogP contribution in [0.1, 0.15) is 12.0 Å². The standard InChI is InChI=1S/C29H23Cl2F2N3O4/c1-35(20-10-6-5-9-17(20)15-7-3-2-4-8-15)25(37)22-21-13-28(32,33)14-36(21)29(23(22)26(38)39)18-11-16(30)12-19(31)24(18)34-27(29)40/h2-12,21-23H,13-14H2,1H3,(H,34,40)(H,38,39)/t21-,22+,23-,29+/m1/s1. The lowest BCUT2D eigenvalue weighted by molar-refractivity contribution is -0.153. The molecule has 6 rings (SSSR count). The van der Waals surface area contributed by atoms with Gasteiger partial charge in [-0.3, -0.25) is 19.3 Å². The SMILES string of the molecule is CN(C(=O)[C@H]1[C@H]2CC(F)(F)CN2[C@]2(C(=O)Nc3c(Cl)cc(Cl)cc32)[C@H]1C(=O)O)c1ccccc1-c1ccccc1. The number of carboxylic acids is 1. The highest BCUT2D eigenvalue weighted by molar-refractivity contribution is 6.38. The van der Waals surface area contributed by atoms with Crippen LogP contribution < -0.4 is 10.2 Å². The predicted molar refractivity (Wildman–Crippen MR) is 147 cm³/mol. The van der Waals surface area contributed by atoms with Crippen LogP contribution in [0.4, 0.5) is 20.2 Å². The van der Waals surface area contributed by atoms with Gasteiger partial charge in [0.25, 0.3) is 11.8 Å². The fourth-order valence-corrected chi connectivity index (χ4v) is 7.29. The van der Waals surface area contributed by atoms with Crippen molar-refractivity contribution in [3.63, 3.8) is 0 Å². The Morgan fingerprint density at radius 1 is 1.07 bits per heavy atom. The Hall–Kier alpha value is -3.53. The fourth-order valence-electron chi connectivity index (χ4n) is 6.75. The molecule has 3 aliphatic heterocycles. The van der Waals surface area contributed by atoms with Gasteiger partial charge in [-0.1, -0.05) is 71.7 Å². The van der Waals surface area contributed by atoms with Crippen molar-refractivity contribution in [2.24, 2.45) is 11.8 Å². The number of carboxylic acid groups (broad SMARTS) is 1. The third-order valence-electron chi connectivity index (χ3n) is 8.27. The lowest BCUT2D eigenvalue weighted by Crippen LogP contribution is -2.54. The molecule has 3 aromatic carbocycles. The van der Waals surface area contributed by atoms with E-state index in [1.165, 1.54) is 29.0 Å². The van der Waals surface area contributed by atoms with E-state index in [2.05, 4.69) is 5.32 Å². The number of halogens is 4. The van der Waals surface area contributed by atoms with E-state index in [1.54, 1.807) is 18.2 Å². The number of carbonyl (C=O) groups is 3. The minimum absolute atomic E-state index is 0.0445. The minimum Gasteiger partial charge on any atom is -0.481 e. The molecule has 11 heteroatoms. The van der Waals surface area contributed by atoms with Crippen LogP contribution in [0.2, 0.25) is 10.0 Å². The van der Waals surface area contributed by atoms with Crippen molar-refractivity contribution in [1.29, 1.82) is 0 Å². The molecule has 0 radical (unpaired) electrons. The summed E-state index contributed by atoms with van der Waals surface area (Å²) in [5.41, 5.74) is 0.0651. The van der Waals surface area contributed by atoms with Crippen LogP contribution in [0.5, 0.6) is 0 Å². The molecule has 40 heavy (non-hydrogen) atoms. The lowest BCUT2D eigenvalue weighted by atomic mass is 9.73. The lowest BCUT2D eigenvalue weighted by Gasteiger charge is -2.36. The van der Waals surface area contributed by atoms with Crippen LogP contribution >= 0.6 is 23.2 Å². The molecule has 2 fully saturated rings. The molecule has 0 aromatic heterocycles. The molecule has 2 amide bonds. The number of benzene rings is 3. The van der Waals surface area contributed by atoms with Gasteiger partial charge in [0, 0.05) is 35.7 Å². The first kappa shape index (κ1) is 26.7. The summed E-state index contributed by atoms with van der Waals surface area (Å²) in [5, 5.41) is 13.3. The highest BCUT2D eigenvalue weighted by Crippen LogP contribution is 2.61.